The average molecular weight is 232 g/mol. The summed E-state index contributed by atoms with van der Waals surface area (Å²) < 4.78 is 1.99. The van der Waals surface area contributed by atoms with Crippen LogP contribution in [0.25, 0.3) is 11.0 Å². The molecule has 0 fully saturated rings. The van der Waals surface area contributed by atoms with E-state index in [0.717, 1.165) is 24.1 Å². The molecule has 0 saturated carbocycles. The van der Waals surface area contributed by atoms with Gasteiger partial charge in [0.05, 0.1) is 11.6 Å². The third-order valence-corrected chi connectivity index (χ3v) is 2.94. The molecule has 17 heavy (non-hydrogen) atoms. The zero-order valence-corrected chi connectivity index (χ0v) is 10.6. The second kappa shape index (κ2) is 5.77. The first-order chi connectivity index (χ1) is 8.33. The van der Waals surface area contributed by atoms with Gasteiger partial charge in [0.25, 0.3) is 0 Å². The van der Waals surface area contributed by atoms with E-state index in [1.54, 1.807) is 0 Å². The van der Waals surface area contributed by atoms with Crippen LogP contribution in [0.5, 0.6) is 0 Å². The van der Waals surface area contributed by atoms with Crippen molar-refractivity contribution in [1.29, 1.82) is 0 Å². The van der Waals surface area contributed by atoms with Crippen molar-refractivity contribution in [3.8, 4) is 0 Å². The summed E-state index contributed by atoms with van der Waals surface area (Å²) in [6.45, 7) is 6.39. The lowest BCUT2D eigenvalue weighted by Gasteiger charge is -2.13. The van der Waals surface area contributed by atoms with Crippen LogP contribution in [0.3, 0.4) is 0 Å². The van der Waals surface area contributed by atoms with Crippen LogP contribution in [-0.2, 0) is 0 Å². The first-order valence-corrected chi connectivity index (χ1v) is 6.33. The van der Waals surface area contributed by atoms with Crippen molar-refractivity contribution in [2.24, 2.45) is 0 Å². The zero-order valence-electron chi connectivity index (χ0n) is 10.6. The predicted molar refractivity (Wildman–Crippen MR) is 70.0 cm³/mol. The number of hydrogen-bond donors (Lipinski definition) is 1. The molecule has 2 rings (SSSR count). The zero-order chi connectivity index (χ0) is 12.1. The average Bonchev–Trinajstić information content (AvgIpc) is 2.78. The number of nitrogens with zero attached hydrogens (tertiary/aromatic N) is 3. The summed E-state index contributed by atoms with van der Waals surface area (Å²) in [4.78, 5) is 0. The fourth-order valence-electron chi connectivity index (χ4n) is 1.91. The minimum absolute atomic E-state index is 0.333. The van der Waals surface area contributed by atoms with Crippen LogP contribution >= 0.6 is 0 Å². The molecular formula is C13H20N4. The van der Waals surface area contributed by atoms with E-state index in [1.165, 1.54) is 12.8 Å². The van der Waals surface area contributed by atoms with Crippen molar-refractivity contribution in [3.63, 3.8) is 0 Å². The quantitative estimate of drug-likeness (QED) is 0.778. The SMILES string of the molecule is CCCCNCC(C)n1nnc2ccccc21. The molecule has 1 aromatic carbocycles. The lowest BCUT2D eigenvalue weighted by atomic mass is 10.2. The van der Waals surface area contributed by atoms with Crippen molar-refractivity contribution in [2.75, 3.05) is 13.1 Å². The van der Waals surface area contributed by atoms with Crippen LogP contribution in [0, 0.1) is 0 Å². The fraction of sp³-hybridized carbons (Fsp3) is 0.538. The Labute approximate surface area is 102 Å². The number of aromatic nitrogens is 3. The molecule has 0 amide bonds. The second-order valence-corrected chi connectivity index (χ2v) is 4.43. The Bertz CT molecular complexity index is 463. The van der Waals surface area contributed by atoms with Crippen LogP contribution in [0.4, 0.5) is 0 Å². The molecule has 1 aromatic heterocycles. The van der Waals surface area contributed by atoms with Gasteiger partial charge in [0, 0.05) is 6.54 Å². The highest BCUT2D eigenvalue weighted by Crippen LogP contribution is 2.14. The number of nitrogens with one attached hydrogen (secondary N) is 1. The van der Waals surface area contributed by atoms with Crippen LogP contribution in [0.2, 0.25) is 0 Å². The molecule has 4 nitrogen and oxygen atoms in total. The standard InChI is InChI=1S/C13H20N4/c1-3-4-9-14-10-11(2)17-13-8-6-5-7-12(13)15-16-17/h5-8,11,14H,3-4,9-10H2,1-2H3. The smallest absolute Gasteiger partial charge is 0.113 e. The van der Waals surface area contributed by atoms with Gasteiger partial charge in [-0.25, -0.2) is 4.68 Å². The number of para-hydroxylation sites is 1. The molecule has 1 unspecified atom stereocenters. The Morgan fingerprint density at radius 2 is 2.18 bits per heavy atom. The maximum absolute atomic E-state index is 4.22. The predicted octanol–water partition coefficient (Wildman–Crippen LogP) is 2.38. The van der Waals surface area contributed by atoms with Crippen molar-refractivity contribution < 1.29 is 0 Å². The third kappa shape index (κ3) is 2.82. The molecule has 1 N–H and O–H groups in total. The highest BCUT2D eigenvalue weighted by molar-refractivity contribution is 5.73. The minimum Gasteiger partial charge on any atom is -0.315 e. The van der Waals surface area contributed by atoms with Crippen LogP contribution < -0.4 is 5.32 Å². The Morgan fingerprint density at radius 3 is 3.00 bits per heavy atom. The van der Waals surface area contributed by atoms with E-state index in [4.69, 9.17) is 0 Å². The molecule has 1 heterocycles. The summed E-state index contributed by atoms with van der Waals surface area (Å²) in [7, 11) is 0. The summed E-state index contributed by atoms with van der Waals surface area (Å²) >= 11 is 0. The number of benzene rings is 1. The van der Waals surface area contributed by atoms with Gasteiger partial charge in [0.1, 0.15) is 5.52 Å². The van der Waals surface area contributed by atoms with Crippen LogP contribution in [-0.4, -0.2) is 28.1 Å². The Balaban J connectivity index is 2.01. The number of unbranched alkanes of at least 4 members (excludes halogenated alkanes) is 1. The maximum Gasteiger partial charge on any atom is 0.113 e. The van der Waals surface area contributed by atoms with Gasteiger partial charge in [0.2, 0.25) is 0 Å². The molecule has 2 aromatic rings. The van der Waals surface area contributed by atoms with Crippen LogP contribution in [0.1, 0.15) is 32.7 Å². The molecule has 0 aliphatic carbocycles. The lowest BCUT2D eigenvalue weighted by molar-refractivity contribution is 0.452. The monoisotopic (exact) mass is 232 g/mol. The molecule has 92 valence electrons. The molecule has 0 spiro atoms. The summed E-state index contributed by atoms with van der Waals surface area (Å²) in [6.07, 6.45) is 2.46. The summed E-state index contributed by atoms with van der Waals surface area (Å²) in [5.41, 5.74) is 2.07. The first kappa shape index (κ1) is 12.0. The Kier molecular flexibility index (Phi) is 4.09. The summed E-state index contributed by atoms with van der Waals surface area (Å²) in [5.74, 6) is 0. The molecule has 0 saturated heterocycles. The van der Waals surface area contributed by atoms with Gasteiger partial charge in [-0.1, -0.05) is 30.7 Å². The lowest BCUT2D eigenvalue weighted by Crippen LogP contribution is -2.25. The summed E-state index contributed by atoms with van der Waals surface area (Å²) in [6, 6.07) is 8.41. The van der Waals surface area contributed by atoms with Gasteiger partial charge in [-0.05, 0) is 32.0 Å². The van der Waals surface area contributed by atoms with E-state index in [9.17, 15) is 0 Å². The van der Waals surface area contributed by atoms with Gasteiger partial charge < -0.3 is 5.32 Å². The van der Waals surface area contributed by atoms with Crippen molar-refractivity contribution in [3.05, 3.63) is 24.3 Å². The molecule has 1 atom stereocenters. The van der Waals surface area contributed by atoms with E-state index in [1.807, 2.05) is 22.9 Å². The molecule has 0 radical (unpaired) electrons. The van der Waals surface area contributed by atoms with Gasteiger partial charge in [-0.3, -0.25) is 0 Å². The second-order valence-electron chi connectivity index (χ2n) is 4.43. The summed E-state index contributed by atoms with van der Waals surface area (Å²) in [5, 5.41) is 11.8. The van der Waals surface area contributed by atoms with Crippen molar-refractivity contribution >= 4 is 11.0 Å². The molecule has 0 aliphatic heterocycles. The van der Waals surface area contributed by atoms with Gasteiger partial charge in [-0.15, -0.1) is 5.10 Å². The third-order valence-electron chi connectivity index (χ3n) is 2.94. The van der Waals surface area contributed by atoms with Crippen molar-refractivity contribution in [2.45, 2.75) is 32.7 Å². The first-order valence-electron chi connectivity index (χ1n) is 6.33. The normalized spacial score (nSPS) is 13.1. The number of hydrogen-bond acceptors (Lipinski definition) is 3. The van der Waals surface area contributed by atoms with E-state index < -0.39 is 0 Å². The number of rotatable bonds is 6. The topological polar surface area (TPSA) is 42.7 Å². The fourth-order valence-corrected chi connectivity index (χ4v) is 1.91. The Hall–Kier alpha value is -1.42. The molecular weight excluding hydrogens is 212 g/mol. The molecule has 4 heteroatoms. The van der Waals surface area contributed by atoms with E-state index in [0.29, 0.717) is 6.04 Å². The van der Waals surface area contributed by atoms with Gasteiger partial charge in [-0.2, -0.15) is 0 Å². The Morgan fingerprint density at radius 1 is 1.35 bits per heavy atom. The maximum atomic E-state index is 4.22. The number of fused-ring (bicyclic) bond motifs is 1. The molecule has 0 aliphatic rings. The van der Waals surface area contributed by atoms with E-state index >= 15 is 0 Å². The molecule has 0 bridgehead atoms. The minimum atomic E-state index is 0.333. The highest BCUT2D eigenvalue weighted by atomic mass is 15.4. The highest BCUT2D eigenvalue weighted by Gasteiger charge is 2.09. The van der Waals surface area contributed by atoms with Gasteiger partial charge >= 0.3 is 0 Å². The van der Waals surface area contributed by atoms with Crippen molar-refractivity contribution in [1.82, 2.24) is 20.3 Å². The largest absolute Gasteiger partial charge is 0.315 e. The van der Waals surface area contributed by atoms with E-state index in [-0.39, 0.29) is 0 Å². The van der Waals surface area contributed by atoms with E-state index in [2.05, 4.69) is 35.5 Å². The van der Waals surface area contributed by atoms with Crippen LogP contribution in [0.15, 0.2) is 24.3 Å². The van der Waals surface area contributed by atoms with Gasteiger partial charge in [0.15, 0.2) is 0 Å².